The molecular formula is C15H12BrNO4. The number of carboxylic acids is 1. The van der Waals surface area contributed by atoms with Gasteiger partial charge >= 0.3 is 5.97 Å². The first-order valence-electron chi connectivity index (χ1n) is 6.02. The van der Waals surface area contributed by atoms with Gasteiger partial charge in [0.2, 0.25) is 0 Å². The Morgan fingerprint density at radius 2 is 1.81 bits per heavy atom. The summed E-state index contributed by atoms with van der Waals surface area (Å²) in [6.45, 7) is 1.71. The average Bonchev–Trinajstić information content (AvgIpc) is 2.40. The molecule has 0 radical (unpaired) electrons. The number of carbonyl (C=O) groups is 2. The predicted octanol–water partition coefficient (Wildman–Crippen LogP) is 3.41. The fraction of sp³-hybridized carbons (Fsp3) is 0.0667. The van der Waals surface area contributed by atoms with E-state index in [1.165, 1.54) is 24.3 Å². The van der Waals surface area contributed by atoms with Crippen LogP contribution in [0.25, 0.3) is 0 Å². The van der Waals surface area contributed by atoms with Crippen molar-refractivity contribution in [2.45, 2.75) is 6.92 Å². The molecule has 0 fully saturated rings. The first kappa shape index (κ1) is 15.1. The lowest BCUT2D eigenvalue weighted by Crippen LogP contribution is -2.13. The molecule has 2 rings (SSSR count). The molecule has 5 nitrogen and oxygen atoms in total. The number of anilines is 1. The summed E-state index contributed by atoms with van der Waals surface area (Å²) in [6.07, 6.45) is 0. The van der Waals surface area contributed by atoms with E-state index in [1.54, 1.807) is 19.1 Å². The third kappa shape index (κ3) is 3.41. The van der Waals surface area contributed by atoms with Gasteiger partial charge in [0.15, 0.2) is 0 Å². The predicted molar refractivity (Wildman–Crippen MR) is 81.9 cm³/mol. The number of carboxylic acid groups (broad SMARTS) is 1. The highest BCUT2D eigenvalue weighted by atomic mass is 79.9. The number of phenolic OH excluding ortho intramolecular Hbond substituents is 1. The van der Waals surface area contributed by atoms with Crippen LogP contribution in [0, 0.1) is 6.92 Å². The zero-order valence-electron chi connectivity index (χ0n) is 11.1. The second kappa shape index (κ2) is 5.97. The van der Waals surface area contributed by atoms with Crippen LogP contribution in [-0.4, -0.2) is 22.1 Å². The minimum Gasteiger partial charge on any atom is -0.508 e. The van der Waals surface area contributed by atoms with Crippen molar-refractivity contribution >= 4 is 33.5 Å². The molecule has 0 saturated heterocycles. The van der Waals surface area contributed by atoms with Crippen molar-refractivity contribution in [3.05, 3.63) is 57.6 Å². The maximum atomic E-state index is 12.2. The molecule has 21 heavy (non-hydrogen) atoms. The highest BCUT2D eigenvalue weighted by Crippen LogP contribution is 2.22. The zero-order valence-corrected chi connectivity index (χ0v) is 12.6. The minimum atomic E-state index is -1.08. The van der Waals surface area contributed by atoms with Gasteiger partial charge in [-0.2, -0.15) is 0 Å². The Kier molecular flexibility index (Phi) is 4.28. The normalized spacial score (nSPS) is 10.2. The fourth-order valence-electron chi connectivity index (χ4n) is 1.87. The Morgan fingerprint density at radius 3 is 2.43 bits per heavy atom. The summed E-state index contributed by atoms with van der Waals surface area (Å²) >= 11 is 3.14. The van der Waals surface area contributed by atoms with E-state index in [4.69, 9.17) is 5.11 Å². The van der Waals surface area contributed by atoms with Crippen molar-refractivity contribution < 1.29 is 19.8 Å². The maximum Gasteiger partial charge on any atom is 0.336 e. The first-order chi connectivity index (χ1) is 9.88. The first-order valence-corrected chi connectivity index (χ1v) is 6.81. The number of nitrogens with one attached hydrogen (secondary N) is 1. The molecule has 0 aliphatic rings. The molecule has 2 aromatic rings. The van der Waals surface area contributed by atoms with Crippen LogP contribution in [-0.2, 0) is 0 Å². The minimum absolute atomic E-state index is 0.0650. The van der Waals surface area contributed by atoms with Gasteiger partial charge in [-0.1, -0.05) is 0 Å². The standard InChI is InChI=1S/C15H12BrNO4/c1-8-6-10(18)3-4-11(8)14(19)17-9-2-5-13(16)12(7-9)15(20)21/h2-7,18H,1H3,(H,17,19)(H,20,21). The Bertz CT molecular complexity index is 728. The number of aryl methyl sites for hydroxylation is 1. The number of rotatable bonds is 3. The highest BCUT2D eigenvalue weighted by molar-refractivity contribution is 9.10. The van der Waals surface area contributed by atoms with Crippen LogP contribution in [0.1, 0.15) is 26.3 Å². The summed E-state index contributed by atoms with van der Waals surface area (Å²) in [4.78, 5) is 23.2. The summed E-state index contributed by atoms with van der Waals surface area (Å²) in [6, 6.07) is 8.95. The maximum absolute atomic E-state index is 12.2. The zero-order chi connectivity index (χ0) is 15.6. The highest BCUT2D eigenvalue weighted by Gasteiger charge is 2.13. The lowest BCUT2D eigenvalue weighted by atomic mass is 10.1. The Labute approximate surface area is 129 Å². The monoisotopic (exact) mass is 349 g/mol. The molecule has 0 heterocycles. The largest absolute Gasteiger partial charge is 0.508 e. The number of hydrogen-bond acceptors (Lipinski definition) is 3. The van der Waals surface area contributed by atoms with E-state index in [-0.39, 0.29) is 17.2 Å². The van der Waals surface area contributed by atoms with Gasteiger partial charge in [0.1, 0.15) is 5.75 Å². The van der Waals surface area contributed by atoms with Crippen LogP contribution in [0.15, 0.2) is 40.9 Å². The van der Waals surface area contributed by atoms with Crippen LogP contribution >= 0.6 is 15.9 Å². The van der Waals surface area contributed by atoms with E-state index in [1.807, 2.05) is 0 Å². The van der Waals surface area contributed by atoms with Crippen molar-refractivity contribution in [3.63, 3.8) is 0 Å². The van der Waals surface area contributed by atoms with Crippen LogP contribution < -0.4 is 5.32 Å². The summed E-state index contributed by atoms with van der Waals surface area (Å²) in [5.41, 5.74) is 1.49. The van der Waals surface area contributed by atoms with Gasteiger partial charge in [-0.25, -0.2) is 4.79 Å². The number of aromatic carboxylic acids is 1. The van der Waals surface area contributed by atoms with Crippen LogP contribution in [0.4, 0.5) is 5.69 Å². The SMILES string of the molecule is Cc1cc(O)ccc1C(=O)Nc1ccc(Br)c(C(=O)O)c1. The molecule has 2 aromatic carbocycles. The number of amides is 1. The molecule has 0 aliphatic heterocycles. The lowest BCUT2D eigenvalue weighted by molar-refractivity contribution is 0.0695. The molecule has 0 unspecified atom stereocenters. The van der Waals surface area contributed by atoms with E-state index in [9.17, 15) is 14.7 Å². The van der Waals surface area contributed by atoms with Gasteiger partial charge in [0.05, 0.1) is 5.56 Å². The Morgan fingerprint density at radius 1 is 1.10 bits per heavy atom. The van der Waals surface area contributed by atoms with E-state index in [0.717, 1.165) is 0 Å². The molecular weight excluding hydrogens is 338 g/mol. The van der Waals surface area contributed by atoms with Crippen LogP contribution in [0.2, 0.25) is 0 Å². The second-order valence-corrected chi connectivity index (χ2v) is 5.31. The molecule has 0 saturated carbocycles. The van der Waals surface area contributed by atoms with Crippen LogP contribution in [0.3, 0.4) is 0 Å². The number of hydrogen-bond donors (Lipinski definition) is 3. The molecule has 0 atom stereocenters. The topological polar surface area (TPSA) is 86.6 Å². The van der Waals surface area contributed by atoms with Crippen molar-refractivity contribution in [1.82, 2.24) is 0 Å². The number of halogens is 1. The Balaban J connectivity index is 2.27. The molecule has 6 heteroatoms. The molecule has 0 bridgehead atoms. The third-order valence-electron chi connectivity index (χ3n) is 2.91. The molecule has 3 N–H and O–H groups in total. The van der Waals surface area contributed by atoms with Crippen molar-refractivity contribution in [2.24, 2.45) is 0 Å². The van der Waals surface area contributed by atoms with Crippen LogP contribution in [0.5, 0.6) is 5.75 Å². The number of aromatic hydroxyl groups is 1. The quantitative estimate of drug-likeness (QED) is 0.792. The summed E-state index contributed by atoms with van der Waals surface area (Å²) in [7, 11) is 0. The second-order valence-electron chi connectivity index (χ2n) is 4.45. The molecule has 0 aromatic heterocycles. The molecule has 0 spiro atoms. The summed E-state index contributed by atoms with van der Waals surface area (Å²) in [5.74, 6) is -1.37. The van der Waals surface area contributed by atoms with Crippen molar-refractivity contribution in [3.8, 4) is 5.75 Å². The van der Waals surface area contributed by atoms with Gasteiger partial charge in [-0.3, -0.25) is 4.79 Å². The van der Waals surface area contributed by atoms with Gasteiger partial charge in [-0.15, -0.1) is 0 Å². The van der Waals surface area contributed by atoms with E-state index < -0.39 is 5.97 Å². The van der Waals surface area contributed by atoms with Crippen molar-refractivity contribution in [2.75, 3.05) is 5.32 Å². The summed E-state index contributed by atoms with van der Waals surface area (Å²) < 4.78 is 0.439. The van der Waals surface area contributed by atoms with E-state index in [2.05, 4.69) is 21.2 Å². The fourth-order valence-corrected chi connectivity index (χ4v) is 2.28. The molecule has 108 valence electrons. The third-order valence-corrected chi connectivity index (χ3v) is 3.60. The number of benzene rings is 2. The van der Waals surface area contributed by atoms with Gasteiger partial charge in [0, 0.05) is 15.7 Å². The van der Waals surface area contributed by atoms with E-state index >= 15 is 0 Å². The molecule has 1 amide bonds. The smallest absolute Gasteiger partial charge is 0.336 e. The van der Waals surface area contributed by atoms with Crippen molar-refractivity contribution in [1.29, 1.82) is 0 Å². The lowest BCUT2D eigenvalue weighted by Gasteiger charge is -2.09. The van der Waals surface area contributed by atoms with Gasteiger partial charge in [0.25, 0.3) is 5.91 Å². The average molecular weight is 350 g/mol. The number of carbonyl (C=O) groups excluding carboxylic acids is 1. The number of phenols is 1. The Hall–Kier alpha value is -2.34. The van der Waals surface area contributed by atoms with Gasteiger partial charge in [-0.05, 0) is 64.8 Å². The van der Waals surface area contributed by atoms with E-state index in [0.29, 0.717) is 21.3 Å². The van der Waals surface area contributed by atoms with Gasteiger partial charge < -0.3 is 15.5 Å². The summed E-state index contributed by atoms with van der Waals surface area (Å²) in [5, 5.41) is 21.0. The molecule has 0 aliphatic carbocycles.